The van der Waals surface area contributed by atoms with Crippen molar-refractivity contribution in [1.29, 1.82) is 0 Å². The van der Waals surface area contributed by atoms with Crippen molar-refractivity contribution in [3.05, 3.63) is 12.2 Å². The molecule has 416 valence electrons. The fraction of sp³-hybridized carbons (Fsp3) is 0.938. The minimum atomic E-state index is -0.658. The lowest BCUT2D eigenvalue weighted by Gasteiger charge is -2.22. The summed E-state index contributed by atoms with van der Waals surface area (Å²) in [6.45, 7) is 4.92. The molecular weight excluding hydrogens is 863 g/mol. The number of carbonyl (C=O) groups excluding carboxylic acids is 2. The molecule has 0 radical (unpaired) electrons. The Morgan fingerprint density at radius 2 is 0.686 bits per heavy atom. The standard InChI is InChI=1S/C64H125NO5/c1-3-5-7-9-11-13-37-42-46-50-54-58-64(69)70-59-55-51-47-43-39-36-34-32-30-28-26-24-22-20-18-16-15-17-19-21-23-25-27-29-31-33-35-38-41-45-49-53-57-63(68)65-61(60-66)62(67)56-52-48-44-40-14-12-10-8-6-4-2/h9,11,61-62,66-67H,3-8,10,12-60H2,1-2H3,(H,65,68)/b11-9-. The number of hydrogen-bond donors (Lipinski definition) is 3. The molecule has 0 aliphatic heterocycles. The first-order valence-electron chi connectivity index (χ1n) is 31.9. The van der Waals surface area contributed by atoms with Crippen LogP contribution in [0.3, 0.4) is 0 Å². The fourth-order valence-corrected chi connectivity index (χ4v) is 10.2. The molecule has 0 aromatic heterocycles. The van der Waals surface area contributed by atoms with E-state index in [2.05, 4.69) is 31.3 Å². The van der Waals surface area contributed by atoms with Crippen LogP contribution in [0.5, 0.6) is 0 Å². The smallest absolute Gasteiger partial charge is 0.305 e. The van der Waals surface area contributed by atoms with Gasteiger partial charge in [-0.05, 0) is 44.9 Å². The topological polar surface area (TPSA) is 95.9 Å². The molecule has 0 spiro atoms. The normalized spacial score (nSPS) is 12.6. The number of allylic oxidation sites excluding steroid dienone is 2. The van der Waals surface area contributed by atoms with E-state index in [1.54, 1.807) is 0 Å². The van der Waals surface area contributed by atoms with Crippen molar-refractivity contribution in [3.8, 4) is 0 Å². The Morgan fingerprint density at radius 3 is 1.06 bits per heavy atom. The van der Waals surface area contributed by atoms with E-state index < -0.39 is 12.1 Å². The van der Waals surface area contributed by atoms with Crippen molar-refractivity contribution in [2.75, 3.05) is 13.2 Å². The highest BCUT2D eigenvalue weighted by molar-refractivity contribution is 5.76. The minimum Gasteiger partial charge on any atom is -0.466 e. The number of nitrogens with one attached hydrogen (secondary N) is 1. The Bertz CT molecular complexity index is 1050. The summed E-state index contributed by atoms with van der Waals surface area (Å²) < 4.78 is 5.46. The zero-order valence-corrected chi connectivity index (χ0v) is 47.5. The Labute approximate surface area is 438 Å². The van der Waals surface area contributed by atoms with Crippen molar-refractivity contribution in [2.45, 2.75) is 373 Å². The van der Waals surface area contributed by atoms with Crippen molar-refractivity contribution < 1.29 is 24.5 Å². The molecular formula is C64H125NO5. The predicted octanol–water partition coefficient (Wildman–Crippen LogP) is 20.0. The predicted molar refractivity (Wildman–Crippen MR) is 306 cm³/mol. The van der Waals surface area contributed by atoms with Gasteiger partial charge in [-0.3, -0.25) is 9.59 Å². The third-order valence-electron chi connectivity index (χ3n) is 15.1. The van der Waals surface area contributed by atoms with Gasteiger partial charge in [-0.1, -0.05) is 315 Å². The summed E-state index contributed by atoms with van der Waals surface area (Å²) in [6.07, 6.45) is 72.6. The molecule has 0 aliphatic rings. The quantitative estimate of drug-likeness (QED) is 0.0321. The average molecular weight is 989 g/mol. The highest BCUT2D eigenvalue weighted by atomic mass is 16.5. The van der Waals surface area contributed by atoms with Gasteiger partial charge in [0.25, 0.3) is 0 Å². The van der Waals surface area contributed by atoms with E-state index in [9.17, 15) is 19.8 Å². The van der Waals surface area contributed by atoms with Crippen LogP contribution >= 0.6 is 0 Å². The molecule has 0 bridgehead atoms. The Balaban J connectivity index is 3.29. The summed E-state index contributed by atoms with van der Waals surface area (Å²) in [5.41, 5.74) is 0. The fourth-order valence-electron chi connectivity index (χ4n) is 10.2. The maximum Gasteiger partial charge on any atom is 0.305 e. The third-order valence-corrected chi connectivity index (χ3v) is 15.1. The van der Waals surface area contributed by atoms with E-state index in [4.69, 9.17) is 4.74 Å². The lowest BCUT2D eigenvalue weighted by Crippen LogP contribution is -2.45. The lowest BCUT2D eigenvalue weighted by atomic mass is 10.0. The van der Waals surface area contributed by atoms with Gasteiger partial charge >= 0.3 is 5.97 Å². The van der Waals surface area contributed by atoms with Gasteiger partial charge < -0.3 is 20.3 Å². The number of amides is 1. The molecule has 0 rings (SSSR count). The van der Waals surface area contributed by atoms with E-state index >= 15 is 0 Å². The van der Waals surface area contributed by atoms with Gasteiger partial charge in [-0.2, -0.15) is 0 Å². The van der Waals surface area contributed by atoms with Gasteiger partial charge in [0.1, 0.15) is 0 Å². The SMILES string of the molecule is CCCC/C=C\CCCCCCCC(=O)OCCCCCCCCCCCCCCCCCCCCCCCCCCCCCCCCCCC(=O)NC(CO)C(O)CCCCCCCCCCCC. The highest BCUT2D eigenvalue weighted by Crippen LogP contribution is 2.19. The van der Waals surface area contributed by atoms with E-state index in [0.29, 0.717) is 25.9 Å². The van der Waals surface area contributed by atoms with Crippen molar-refractivity contribution in [1.82, 2.24) is 5.32 Å². The molecule has 3 N–H and O–H groups in total. The van der Waals surface area contributed by atoms with Gasteiger partial charge in [0.15, 0.2) is 0 Å². The van der Waals surface area contributed by atoms with Crippen LogP contribution in [0.25, 0.3) is 0 Å². The monoisotopic (exact) mass is 988 g/mol. The molecule has 0 aliphatic carbocycles. The average Bonchev–Trinajstić information content (AvgIpc) is 3.36. The van der Waals surface area contributed by atoms with Crippen LogP contribution in [0.15, 0.2) is 12.2 Å². The summed E-state index contributed by atoms with van der Waals surface area (Å²) in [7, 11) is 0. The first kappa shape index (κ1) is 68.6. The number of aliphatic hydroxyl groups is 2. The zero-order valence-electron chi connectivity index (χ0n) is 47.5. The van der Waals surface area contributed by atoms with Gasteiger partial charge in [0.2, 0.25) is 5.91 Å². The van der Waals surface area contributed by atoms with Crippen LogP contribution in [0.4, 0.5) is 0 Å². The summed E-state index contributed by atoms with van der Waals surface area (Å²) in [4.78, 5) is 24.4. The Kier molecular flexibility index (Phi) is 59.0. The zero-order chi connectivity index (χ0) is 50.7. The number of ether oxygens (including phenoxy) is 1. The molecule has 0 heterocycles. The Morgan fingerprint density at radius 1 is 0.386 bits per heavy atom. The molecule has 6 nitrogen and oxygen atoms in total. The van der Waals surface area contributed by atoms with E-state index in [0.717, 1.165) is 44.9 Å². The molecule has 2 atom stereocenters. The molecule has 2 unspecified atom stereocenters. The molecule has 0 aromatic carbocycles. The van der Waals surface area contributed by atoms with Crippen LogP contribution < -0.4 is 5.32 Å². The molecule has 1 amide bonds. The minimum absolute atomic E-state index is 0.0104. The van der Waals surface area contributed by atoms with Crippen LogP contribution in [0.2, 0.25) is 0 Å². The summed E-state index contributed by atoms with van der Waals surface area (Å²) >= 11 is 0. The van der Waals surface area contributed by atoms with Gasteiger partial charge in [-0.15, -0.1) is 0 Å². The van der Waals surface area contributed by atoms with E-state index in [1.165, 1.54) is 283 Å². The van der Waals surface area contributed by atoms with E-state index in [1.807, 2.05) is 0 Å². The second-order valence-corrected chi connectivity index (χ2v) is 22.1. The Hall–Kier alpha value is -1.40. The van der Waals surface area contributed by atoms with Crippen LogP contribution in [0, 0.1) is 0 Å². The maximum atomic E-state index is 12.4. The molecule has 0 aromatic rings. The molecule has 70 heavy (non-hydrogen) atoms. The molecule has 0 fully saturated rings. The number of esters is 1. The van der Waals surface area contributed by atoms with Gasteiger partial charge in [-0.25, -0.2) is 0 Å². The molecule has 0 saturated carbocycles. The first-order chi connectivity index (χ1) is 34.5. The lowest BCUT2D eigenvalue weighted by molar-refractivity contribution is -0.143. The largest absolute Gasteiger partial charge is 0.466 e. The summed E-state index contributed by atoms with van der Waals surface area (Å²) in [6, 6.07) is -0.535. The number of carbonyl (C=O) groups is 2. The van der Waals surface area contributed by atoms with Crippen LogP contribution in [-0.4, -0.2) is 47.4 Å². The summed E-state index contributed by atoms with van der Waals surface area (Å²) in [5, 5.41) is 23.2. The van der Waals surface area contributed by atoms with Gasteiger partial charge in [0, 0.05) is 12.8 Å². The second-order valence-electron chi connectivity index (χ2n) is 22.1. The molecule has 6 heteroatoms. The first-order valence-corrected chi connectivity index (χ1v) is 31.9. The van der Waals surface area contributed by atoms with Gasteiger partial charge in [0.05, 0.1) is 25.4 Å². The highest BCUT2D eigenvalue weighted by Gasteiger charge is 2.20. The van der Waals surface area contributed by atoms with Crippen LogP contribution in [-0.2, 0) is 14.3 Å². The molecule has 0 saturated heterocycles. The van der Waals surface area contributed by atoms with Crippen LogP contribution in [0.1, 0.15) is 361 Å². The maximum absolute atomic E-state index is 12.4. The number of rotatable bonds is 60. The number of unbranched alkanes of at least 4 members (excludes halogenated alkanes) is 47. The third kappa shape index (κ3) is 55.9. The summed E-state index contributed by atoms with van der Waals surface area (Å²) in [5.74, 6) is -0.0200. The van der Waals surface area contributed by atoms with Crippen molar-refractivity contribution >= 4 is 11.9 Å². The van der Waals surface area contributed by atoms with E-state index in [-0.39, 0.29) is 18.5 Å². The van der Waals surface area contributed by atoms with Crippen molar-refractivity contribution in [3.63, 3.8) is 0 Å². The van der Waals surface area contributed by atoms with Crippen molar-refractivity contribution in [2.24, 2.45) is 0 Å². The number of hydrogen-bond acceptors (Lipinski definition) is 5. The second kappa shape index (κ2) is 60.2. The number of aliphatic hydroxyl groups excluding tert-OH is 2.